The van der Waals surface area contributed by atoms with Gasteiger partial charge in [-0.3, -0.25) is 9.59 Å². The Morgan fingerprint density at radius 2 is 2.03 bits per heavy atom. The topological polar surface area (TPSA) is 122 Å². The van der Waals surface area contributed by atoms with Crippen LogP contribution in [-0.2, 0) is 14.4 Å². The first-order chi connectivity index (χ1) is 14.2. The van der Waals surface area contributed by atoms with Gasteiger partial charge in [0, 0.05) is 42.3 Å². The van der Waals surface area contributed by atoms with Crippen LogP contribution < -0.4 is 10.6 Å². The van der Waals surface area contributed by atoms with Crippen molar-refractivity contribution in [1.29, 1.82) is 0 Å². The normalized spacial score (nSPS) is 35.5. The standard InChI is InChI=1S/C20H30N4O5S.ClH/c1-9-15-14(10(2)25)19(27)24(15)16(20(28)29)17(9)30-12-6-13(22-8-12)18(26)23(3)11-4-5-21-7-11;/h9-15,21-22,25H,4-8H2,1-3H3,(H,28,29);1H/t9-,10-,11+,12+,13+,14-,15-;/m1./s1. The highest BCUT2D eigenvalue weighted by molar-refractivity contribution is 8.03. The number of fused-ring (bicyclic) bond motifs is 1. The van der Waals surface area contributed by atoms with Gasteiger partial charge in [0.05, 0.1) is 24.1 Å². The summed E-state index contributed by atoms with van der Waals surface area (Å²) < 4.78 is 0. The number of amides is 2. The Morgan fingerprint density at radius 1 is 1.32 bits per heavy atom. The molecule has 0 aliphatic carbocycles. The number of aliphatic hydroxyl groups excluding tert-OH is 1. The SMILES string of the molecule is C[C@@H](O)[C@H]1C(=O)N2C(C(=O)O)=C(S[C@@H]3CN[C@H](C(=O)N(C)[C@H]4CCNC4)C3)[C@H](C)[C@H]12.Cl. The third kappa shape index (κ3) is 4.08. The molecule has 0 aromatic carbocycles. The molecule has 7 atom stereocenters. The van der Waals surface area contributed by atoms with Gasteiger partial charge in [0.25, 0.3) is 0 Å². The lowest BCUT2D eigenvalue weighted by atomic mass is 9.79. The fourth-order valence-electron chi connectivity index (χ4n) is 5.24. The minimum absolute atomic E-state index is 0. The molecule has 0 saturated carbocycles. The molecule has 174 valence electrons. The van der Waals surface area contributed by atoms with Crippen molar-refractivity contribution in [1.82, 2.24) is 20.4 Å². The number of carboxylic acids is 1. The summed E-state index contributed by atoms with van der Waals surface area (Å²) in [6.07, 6.45) is 0.765. The molecule has 4 aliphatic heterocycles. The predicted octanol–water partition coefficient (Wildman–Crippen LogP) is -0.154. The maximum absolute atomic E-state index is 12.9. The summed E-state index contributed by atoms with van der Waals surface area (Å²) in [7, 11) is 1.85. The van der Waals surface area contributed by atoms with Crippen molar-refractivity contribution in [3.8, 4) is 0 Å². The molecule has 0 unspecified atom stereocenters. The average molecular weight is 475 g/mol. The van der Waals surface area contributed by atoms with Crippen LogP contribution in [0.4, 0.5) is 0 Å². The third-order valence-corrected chi connectivity index (χ3v) is 8.43. The van der Waals surface area contributed by atoms with Gasteiger partial charge in [0.2, 0.25) is 11.8 Å². The molecule has 0 radical (unpaired) electrons. The zero-order valence-electron chi connectivity index (χ0n) is 17.9. The van der Waals surface area contributed by atoms with E-state index in [1.165, 1.54) is 16.7 Å². The molecule has 4 heterocycles. The van der Waals surface area contributed by atoms with Crippen LogP contribution in [0.3, 0.4) is 0 Å². The molecule has 0 aromatic heterocycles. The van der Waals surface area contributed by atoms with E-state index < -0.39 is 18.0 Å². The largest absolute Gasteiger partial charge is 0.477 e. The van der Waals surface area contributed by atoms with E-state index in [2.05, 4.69) is 10.6 Å². The van der Waals surface area contributed by atoms with Crippen LogP contribution in [0.15, 0.2) is 10.6 Å². The van der Waals surface area contributed by atoms with E-state index in [4.69, 9.17) is 0 Å². The molecule has 31 heavy (non-hydrogen) atoms. The first kappa shape index (κ1) is 24.3. The number of β-lactam (4-membered cyclic amide) rings is 1. The summed E-state index contributed by atoms with van der Waals surface area (Å²) in [6, 6.07) is -0.365. The number of carbonyl (C=O) groups excluding carboxylic acids is 2. The average Bonchev–Trinajstić information content (AvgIpc) is 3.41. The third-order valence-electron chi connectivity index (χ3n) is 6.92. The molecular formula is C20H31ClN4O5S. The summed E-state index contributed by atoms with van der Waals surface area (Å²) >= 11 is 1.47. The molecule has 4 N–H and O–H groups in total. The molecule has 2 amide bonds. The zero-order chi connectivity index (χ0) is 21.7. The molecule has 3 fully saturated rings. The number of carboxylic acid groups (broad SMARTS) is 1. The first-order valence-electron chi connectivity index (χ1n) is 10.6. The molecule has 4 rings (SSSR count). The number of aliphatic carboxylic acids is 1. The lowest BCUT2D eigenvalue weighted by molar-refractivity contribution is -0.163. The quantitative estimate of drug-likeness (QED) is 0.392. The number of rotatable bonds is 6. The van der Waals surface area contributed by atoms with Crippen molar-refractivity contribution in [3.05, 3.63) is 10.6 Å². The molecule has 0 spiro atoms. The van der Waals surface area contributed by atoms with Crippen LogP contribution in [0.1, 0.15) is 26.7 Å². The molecular weight excluding hydrogens is 444 g/mol. The molecule has 11 heteroatoms. The van der Waals surface area contributed by atoms with E-state index in [1.54, 1.807) is 6.92 Å². The van der Waals surface area contributed by atoms with E-state index in [0.717, 1.165) is 19.5 Å². The van der Waals surface area contributed by atoms with Gasteiger partial charge in [-0.05, 0) is 26.3 Å². The Morgan fingerprint density at radius 3 is 2.61 bits per heavy atom. The number of likely N-dealkylation sites (N-methyl/N-ethyl adjacent to an activating group) is 1. The van der Waals surface area contributed by atoms with Gasteiger partial charge in [0.15, 0.2) is 0 Å². The molecule has 9 nitrogen and oxygen atoms in total. The van der Waals surface area contributed by atoms with Gasteiger partial charge in [-0.2, -0.15) is 0 Å². The Labute approximate surface area is 192 Å². The number of nitrogens with one attached hydrogen (secondary N) is 2. The highest BCUT2D eigenvalue weighted by atomic mass is 35.5. The summed E-state index contributed by atoms with van der Waals surface area (Å²) in [5.74, 6) is -2.07. The molecule has 0 aromatic rings. The zero-order valence-corrected chi connectivity index (χ0v) is 19.5. The van der Waals surface area contributed by atoms with Crippen molar-refractivity contribution >= 4 is 42.0 Å². The fraction of sp³-hybridized carbons (Fsp3) is 0.750. The Hall–Kier alpha value is -1.33. The second-order valence-electron chi connectivity index (χ2n) is 8.80. The first-order valence-corrected chi connectivity index (χ1v) is 11.5. The van der Waals surface area contributed by atoms with Crippen LogP contribution >= 0.6 is 24.2 Å². The van der Waals surface area contributed by atoms with E-state index >= 15 is 0 Å². The van der Waals surface area contributed by atoms with Crippen molar-refractivity contribution in [3.63, 3.8) is 0 Å². The van der Waals surface area contributed by atoms with E-state index in [9.17, 15) is 24.6 Å². The Balaban J connectivity index is 0.00000272. The Kier molecular flexibility index (Phi) is 7.27. The Bertz CT molecular complexity index is 788. The lowest BCUT2D eigenvalue weighted by Gasteiger charge is -2.46. The van der Waals surface area contributed by atoms with Crippen molar-refractivity contribution in [2.24, 2.45) is 11.8 Å². The number of hydrogen-bond acceptors (Lipinski definition) is 7. The summed E-state index contributed by atoms with van der Waals surface area (Å²) in [6.45, 7) is 5.84. The van der Waals surface area contributed by atoms with Gasteiger partial charge >= 0.3 is 5.97 Å². The minimum Gasteiger partial charge on any atom is -0.477 e. The van der Waals surface area contributed by atoms with E-state index in [0.29, 0.717) is 17.9 Å². The van der Waals surface area contributed by atoms with Gasteiger partial charge in [-0.1, -0.05) is 6.92 Å². The molecule has 0 bridgehead atoms. The lowest BCUT2D eigenvalue weighted by Crippen LogP contribution is -2.63. The number of halogens is 1. The number of aliphatic hydroxyl groups is 1. The highest BCUT2D eigenvalue weighted by Gasteiger charge is 2.60. The fourth-order valence-corrected chi connectivity index (χ4v) is 6.71. The molecule has 4 aliphatic rings. The van der Waals surface area contributed by atoms with Gasteiger partial charge in [-0.25, -0.2) is 4.79 Å². The minimum atomic E-state index is -1.11. The number of thioether (sulfide) groups is 1. The van der Waals surface area contributed by atoms with E-state index in [-0.39, 0.29) is 59.2 Å². The van der Waals surface area contributed by atoms with Crippen molar-refractivity contribution in [2.75, 3.05) is 26.7 Å². The number of carbonyl (C=O) groups is 3. The van der Waals surface area contributed by atoms with Crippen molar-refractivity contribution in [2.45, 2.75) is 56.2 Å². The van der Waals surface area contributed by atoms with Crippen LogP contribution in [0.25, 0.3) is 0 Å². The number of hydrogen-bond donors (Lipinski definition) is 4. The highest BCUT2D eigenvalue weighted by Crippen LogP contribution is 2.51. The summed E-state index contributed by atoms with van der Waals surface area (Å²) in [5.41, 5.74) is 0.0447. The van der Waals surface area contributed by atoms with Crippen LogP contribution in [0.2, 0.25) is 0 Å². The van der Waals surface area contributed by atoms with Gasteiger partial charge in [0.1, 0.15) is 5.70 Å². The molecule has 3 saturated heterocycles. The second-order valence-corrected chi connectivity index (χ2v) is 10.1. The van der Waals surface area contributed by atoms with Crippen molar-refractivity contribution < 1.29 is 24.6 Å². The monoisotopic (exact) mass is 474 g/mol. The van der Waals surface area contributed by atoms with Gasteiger partial charge in [-0.15, -0.1) is 24.2 Å². The van der Waals surface area contributed by atoms with Gasteiger partial charge < -0.3 is 30.6 Å². The van der Waals surface area contributed by atoms with Crippen LogP contribution in [0, 0.1) is 11.8 Å². The smallest absolute Gasteiger partial charge is 0.353 e. The second kappa shape index (κ2) is 9.27. The van der Waals surface area contributed by atoms with E-state index in [1.807, 2.05) is 18.9 Å². The predicted molar refractivity (Wildman–Crippen MR) is 119 cm³/mol. The van der Waals surface area contributed by atoms with Crippen LogP contribution in [0.5, 0.6) is 0 Å². The maximum Gasteiger partial charge on any atom is 0.353 e. The summed E-state index contributed by atoms with van der Waals surface area (Å²) in [4.78, 5) is 41.1. The van der Waals surface area contributed by atoms with Crippen LogP contribution in [-0.4, -0.2) is 94.0 Å². The maximum atomic E-state index is 12.9. The summed E-state index contributed by atoms with van der Waals surface area (Å²) in [5, 5.41) is 26.4. The number of nitrogens with zero attached hydrogens (tertiary/aromatic N) is 2.